The molecule has 0 fully saturated rings. The minimum atomic E-state index is -0.280. The second-order valence-electron chi connectivity index (χ2n) is 4.65. The molecule has 2 aliphatic carbocycles. The first kappa shape index (κ1) is 9.66. The number of benzene rings is 1. The van der Waals surface area contributed by atoms with Gasteiger partial charge in [0.15, 0.2) is 0 Å². The summed E-state index contributed by atoms with van der Waals surface area (Å²) < 4.78 is 0. The largest absolute Gasteiger partial charge is 0.365 e. The number of allylic oxidation sites excluding steroid dienone is 4. The highest BCUT2D eigenvalue weighted by atomic mass is 15.1. The van der Waals surface area contributed by atoms with Crippen LogP contribution in [-0.2, 0) is 0 Å². The van der Waals surface area contributed by atoms with Crippen LogP contribution in [0.1, 0.15) is 0 Å². The van der Waals surface area contributed by atoms with Gasteiger partial charge in [-0.3, -0.25) is 0 Å². The molecule has 1 N–H and O–H groups in total. The number of aliphatic imine (C=N–C) groups is 1. The van der Waals surface area contributed by atoms with Crippen molar-refractivity contribution in [3.8, 4) is 0 Å². The van der Waals surface area contributed by atoms with Gasteiger partial charge in [-0.15, -0.1) is 0 Å². The van der Waals surface area contributed by atoms with Gasteiger partial charge in [0, 0.05) is 0 Å². The molecule has 1 aromatic rings. The Bertz CT molecular complexity index is 674. The maximum atomic E-state index is 4.78. The number of hydrogen-bond donors (Lipinski definition) is 1. The molecule has 1 unspecified atom stereocenters. The molecule has 0 bridgehead atoms. The van der Waals surface area contributed by atoms with Gasteiger partial charge in [-0.25, -0.2) is 4.99 Å². The van der Waals surface area contributed by atoms with Crippen LogP contribution in [0.5, 0.6) is 0 Å². The third kappa shape index (κ3) is 1.15. The molecule has 1 spiro atoms. The first-order valence-corrected chi connectivity index (χ1v) is 6.10. The molecule has 4 rings (SSSR count). The first-order valence-electron chi connectivity index (χ1n) is 6.10. The van der Waals surface area contributed by atoms with E-state index in [1.54, 1.807) is 0 Å². The molecule has 2 nitrogen and oxygen atoms in total. The average molecular weight is 232 g/mol. The van der Waals surface area contributed by atoms with Crippen LogP contribution in [0.25, 0.3) is 0 Å². The van der Waals surface area contributed by atoms with Crippen LogP contribution in [-0.4, -0.2) is 11.3 Å². The third-order valence-electron chi connectivity index (χ3n) is 3.60. The predicted octanol–water partition coefficient (Wildman–Crippen LogP) is 3.55. The summed E-state index contributed by atoms with van der Waals surface area (Å²) in [5.74, 6) is 0. The van der Waals surface area contributed by atoms with E-state index in [0.717, 1.165) is 17.1 Å². The summed E-state index contributed by atoms with van der Waals surface area (Å²) in [6.07, 6.45) is 14.7. The van der Waals surface area contributed by atoms with Crippen LogP contribution in [0, 0.1) is 0 Å². The number of nitrogens with zero attached hydrogens (tertiary/aromatic N) is 1. The van der Waals surface area contributed by atoms with Crippen LogP contribution in [0.2, 0.25) is 0 Å². The van der Waals surface area contributed by atoms with E-state index in [0.29, 0.717) is 0 Å². The lowest BCUT2D eigenvalue weighted by molar-refractivity contribution is 0.882. The van der Waals surface area contributed by atoms with E-state index in [4.69, 9.17) is 4.99 Å². The number of nitrogens with one attached hydrogen (secondary N) is 1. The lowest BCUT2D eigenvalue weighted by Gasteiger charge is -2.40. The van der Waals surface area contributed by atoms with Gasteiger partial charge in [-0.05, 0) is 29.9 Å². The van der Waals surface area contributed by atoms with Gasteiger partial charge in [0.2, 0.25) is 0 Å². The fourth-order valence-electron chi connectivity index (χ4n) is 2.70. The quantitative estimate of drug-likeness (QED) is 0.726. The van der Waals surface area contributed by atoms with Crippen molar-refractivity contribution in [2.45, 2.75) is 5.54 Å². The van der Waals surface area contributed by atoms with Crippen LogP contribution in [0.3, 0.4) is 0 Å². The summed E-state index contributed by atoms with van der Waals surface area (Å²) in [6.45, 7) is 0. The molecule has 0 amide bonds. The molecule has 1 aromatic carbocycles. The summed E-state index contributed by atoms with van der Waals surface area (Å²) in [6, 6.07) is 8.17. The van der Waals surface area contributed by atoms with Crippen molar-refractivity contribution in [1.82, 2.24) is 0 Å². The molecule has 3 aliphatic rings. The predicted molar refractivity (Wildman–Crippen MR) is 75.4 cm³/mol. The van der Waals surface area contributed by atoms with Crippen molar-refractivity contribution in [2.24, 2.45) is 4.99 Å². The molecule has 1 atom stereocenters. The molecule has 1 aliphatic heterocycles. The number of anilines is 1. The maximum Gasteiger partial charge on any atom is 0.124 e. The Morgan fingerprint density at radius 3 is 2.94 bits per heavy atom. The van der Waals surface area contributed by atoms with Crippen molar-refractivity contribution in [3.05, 3.63) is 72.4 Å². The minimum absolute atomic E-state index is 0.280. The molecule has 0 radical (unpaired) electrons. The van der Waals surface area contributed by atoms with Crippen molar-refractivity contribution in [1.29, 1.82) is 0 Å². The monoisotopic (exact) mass is 232 g/mol. The van der Waals surface area contributed by atoms with Crippen LogP contribution >= 0.6 is 0 Å². The molecule has 0 saturated carbocycles. The van der Waals surface area contributed by atoms with Crippen molar-refractivity contribution < 1.29 is 0 Å². The Morgan fingerprint density at radius 2 is 1.94 bits per heavy atom. The molecular weight excluding hydrogens is 220 g/mol. The molecular formula is C16H12N2. The van der Waals surface area contributed by atoms with Gasteiger partial charge in [-0.1, -0.05) is 42.5 Å². The Balaban J connectivity index is 1.97. The summed E-state index contributed by atoms with van der Waals surface area (Å²) in [5.41, 5.74) is 4.10. The van der Waals surface area contributed by atoms with Crippen molar-refractivity contribution in [2.75, 3.05) is 5.32 Å². The normalized spacial score (nSPS) is 26.4. The van der Waals surface area contributed by atoms with Crippen LogP contribution < -0.4 is 5.32 Å². The Labute approximate surface area is 106 Å². The van der Waals surface area contributed by atoms with Gasteiger partial charge < -0.3 is 5.32 Å². The Morgan fingerprint density at radius 1 is 1.00 bits per heavy atom. The lowest BCUT2D eigenvalue weighted by Crippen LogP contribution is -2.48. The highest BCUT2D eigenvalue weighted by Crippen LogP contribution is 2.40. The molecule has 0 aromatic heterocycles. The number of rotatable bonds is 0. The molecule has 0 saturated heterocycles. The topological polar surface area (TPSA) is 24.4 Å². The van der Waals surface area contributed by atoms with E-state index in [9.17, 15) is 0 Å². The van der Waals surface area contributed by atoms with E-state index >= 15 is 0 Å². The van der Waals surface area contributed by atoms with Gasteiger partial charge in [0.05, 0.1) is 17.1 Å². The second-order valence-corrected chi connectivity index (χ2v) is 4.65. The van der Waals surface area contributed by atoms with Gasteiger partial charge in [0.1, 0.15) is 5.54 Å². The molecule has 1 heterocycles. The third-order valence-corrected chi connectivity index (χ3v) is 3.60. The summed E-state index contributed by atoms with van der Waals surface area (Å²) in [5, 5.41) is 3.63. The van der Waals surface area contributed by atoms with E-state index < -0.39 is 0 Å². The summed E-state index contributed by atoms with van der Waals surface area (Å²) in [7, 11) is 0. The van der Waals surface area contributed by atoms with E-state index in [1.165, 1.54) is 5.57 Å². The second kappa shape index (κ2) is 3.33. The number of para-hydroxylation sites is 2. The van der Waals surface area contributed by atoms with Crippen LogP contribution in [0.15, 0.2) is 77.4 Å². The van der Waals surface area contributed by atoms with Gasteiger partial charge in [0.25, 0.3) is 0 Å². The number of fused-ring (bicyclic) bond motifs is 1. The van der Waals surface area contributed by atoms with E-state index in [1.807, 2.05) is 18.2 Å². The number of hydrogen-bond acceptors (Lipinski definition) is 2. The highest BCUT2D eigenvalue weighted by Gasteiger charge is 2.39. The Kier molecular flexibility index (Phi) is 1.78. The zero-order valence-corrected chi connectivity index (χ0v) is 9.80. The SMILES string of the molecule is C1=CC2=CC=CC3=Nc4ccccc4NC23C=C1. The smallest absolute Gasteiger partial charge is 0.124 e. The molecule has 18 heavy (non-hydrogen) atoms. The van der Waals surface area contributed by atoms with Gasteiger partial charge >= 0.3 is 0 Å². The average Bonchev–Trinajstić information content (AvgIpc) is 2.43. The summed E-state index contributed by atoms with van der Waals surface area (Å²) >= 11 is 0. The first-order chi connectivity index (χ1) is 8.88. The van der Waals surface area contributed by atoms with Crippen molar-refractivity contribution >= 4 is 17.1 Å². The van der Waals surface area contributed by atoms with E-state index in [2.05, 4.69) is 53.9 Å². The zero-order chi connectivity index (χ0) is 12.0. The zero-order valence-electron chi connectivity index (χ0n) is 9.80. The molecule has 2 heteroatoms. The van der Waals surface area contributed by atoms with Crippen molar-refractivity contribution in [3.63, 3.8) is 0 Å². The Hall–Kier alpha value is -2.35. The fraction of sp³-hybridized carbons (Fsp3) is 0.0625. The fourth-order valence-corrected chi connectivity index (χ4v) is 2.70. The standard InChI is InChI=1S/C16H12N2/c1-2-9-14-13(8-1)17-15-10-5-7-12-6-3-4-11-16(12,15)18-14/h1-11,18H. The highest BCUT2D eigenvalue weighted by molar-refractivity contribution is 6.14. The maximum absolute atomic E-state index is 4.78. The van der Waals surface area contributed by atoms with Crippen LogP contribution in [0.4, 0.5) is 11.4 Å². The minimum Gasteiger partial charge on any atom is -0.365 e. The van der Waals surface area contributed by atoms with E-state index in [-0.39, 0.29) is 5.54 Å². The summed E-state index contributed by atoms with van der Waals surface area (Å²) in [4.78, 5) is 4.78. The van der Waals surface area contributed by atoms with Gasteiger partial charge in [-0.2, -0.15) is 0 Å². The lowest BCUT2D eigenvalue weighted by atomic mass is 9.77. The molecule has 86 valence electrons.